The molecule has 1 saturated carbocycles. The van der Waals surface area contributed by atoms with Gasteiger partial charge >= 0.3 is 0 Å². The summed E-state index contributed by atoms with van der Waals surface area (Å²) in [5.74, 6) is 0.985. The molecule has 128 valence electrons. The fourth-order valence-corrected chi connectivity index (χ4v) is 2.80. The summed E-state index contributed by atoms with van der Waals surface area (Å²) >= 11 is 6.27. The molecule has 1 atom stereocenters. The summed E-state index contributed by atoms with van der Waals surface area (Å²) in [4.78, 5) is 16.9. The second kappa shape index (κ2) is 7.32. The summed E-state index contributed by atoms with van der Waals surface area (Å²) in [7, 11) is 0. The van der Waals surface area contributed by atoms with Gasteiger partial charge in [-0.25, -0.2) is 9.67 Å². The minimum Gasteiger partial charge on any atom is -0.396 e. The Labute approximate surface area is 145 Å². The molecule has 0 saturated heterocycles. The molecule has 1 unspecified atom stereocenters. The maximum absolute atomic E-state index is 12.4. The van der Waals surface area contributed by atoms with Crippen molar-refractivity contribution in [1.82, 2.24) is 20.1 Å². The van der Waals surface area contributed by atoms with E-state index in [9.17, 15) is 4.79 Å². The number of aromatic nitrogens is 3. The van der Waals surface area contributed by atoms with Gasteiger partial charge in [-0.15, -0.1) is 5.10 Å². The van der Waals surface area contributed by atoms with Crippen LogP contribution in [0.4, 0.5) is 0 Å². The molecule has 0 bridgehead atoms. The lowest BCUT2D eigenvalue weighted by molar-refractivity contribution is 0.0926. The third-order valence-corrected chi connectivity index (χ3v) is 4.35. The van der Waals surface area contributed by atoms with Crippen LogP contribution in [0.2, 0.25) is 5.02 Å². The first kappa shape index (κ1) is 16.9. The van der Waals surface area contributed by atoms with Crippen LogP contribution in [0, 0.1) is 0 Å². The molecule has 24 heavy (non-hydrogen) atoms. The zero-order valence-electron chi connectivity index (χ0n) is 13.6. The summed E-state index contributed by atoms with van der Waals surface area (Å²) in [5, 5.41) is 16.7. The molecule has 2 aromatic rings. The number of benzene rings is 1. The van der Waals surface area contributed by atoms with Crippen molar-refractivity contribution < 1.29 is 9.90 Å². The Kier molecular flexibility index (Phi) is 5.16. The molecule has 6 nitrogen and oxygen atoms in total. The monoisotopic (exact) mass is 348 g/mol. The number of carbonyl (C=O) groups excluding carboxylic acids is 1. The highest BCUT2D eigenvalue weighted by Gasteiger charge is 2.32. The number of aliphatic hydroxyl groups excluding tert-OH is 1. The molecule has 0 radical (unpaired) electrons. The van der Waals surface area contributed by atoms with Gasteiger partial charge in [0, 0.05) is 18.6 Å². The summed E-state index contributed by atoms with van der Waals surface area (Å²) in [6.07, 6.45) is 3.47. The predicted octanol–water partition coefficient (Wildman–Crippen LogP) is 2.69. The van der Waals surface area contributed by atoms with Crippen LogP contribution in [0.25, 0.3) is 5.69 Å². The van der Waals surface area contributed by atoms with E-state index >= 15 is 0 Å². The molecule has 1 aromatic heterocycles. The van der Waals surface area contributed by atoms with Gasteiger partial charge in [-0.3, -0.25) is 4.79 Å². The molecule has 0 aliphatic heterocycles. The number of para-hydroxylation sites is 1. The molecular formula is C17H21ClN4O2. The van der Waals surface area contributed by atoms with Crippen molar-refractivity contribution in [3.05, 3.63) is 40.9 Å². The lowest BCUT2D eigenvalue weighted by Crippen LogP contribution is -2.33. The van der Waals surface area contributed by atoms with E-state index in [4.69, 9.17) is 16.7 Å². The zero-order valence-corrected chi connectivity index (χ0v) is 14.3. The SMILES string of the molecule is CC(CCCO)NC(=O)c1nc(C2CC2)n(-c2ccccc2Cl)n1. The van der Waals surface area contributed by atoms with Crippen LogP contribution < -0.4 is 5.32 Å². The first-order valence-electron chi connectivity index (χ1n) is 8.23. The van der Waals surface area contributed by atoms with E-state index in [1.807, 2.05) is 25.1 Å². The van der Waals surface area contributed by atoms with Crippen LogP contribution in [-0.2, 0) is 0 Å². The Hall–Kier alpha value is -1.92. The van der Waals surface area contributed by atoms with Crippen molar-refractivity contribution in [1.29, 1.82) is 0 Å². The van der Waals surface area contributed by atoms with Gasteiger partial charge in [-0.05, 0) is 44.7 Å². The Balaban J connectivity index is 1.84. The lowest BCUT2D eigenvalue weighted by Gasteiger charge is -2.11. The third-order valence-electron chi connectivity index (χ3n) is 4.03. The topological polar surface area (TPSA) is 80.0 Å². The van der Waals surface area contributed by atoms with E-state index in [0.29, 0.717) is 23.8 Å². The largest absolute Gasteiger partial charge is 0.396 e. The van der Waals surface area contributed by atoms with E-state index in [2.05, 4.69) is 15.4 Å². The number of hydrogen-bond acceptors (Lipinski definition) is 4. The van der Waals surface area contributed by atoms with Gasteiger partial charge < -0.3 is 10.4 Å². The second-order valence-electron chi connectivity index (χ2n) is 6.17. The van der Waals surface area contributed by atoms with Gasteiger partial charge in [0.05, 0.1) is 10.7 Å². The molecule has 1 heterocycles. The van der Waals surface area contributed by atoms with Gasteiger partial charge in [0.15, 0.2) is 0 Å². The number of hydrogen-bond donors (Lipinski definition) is 2. The highest BCUT2D eigenvalue weighted by molar-refractivity contribution is 6.32. The Morgan fingerprint density at radius 1 is 1.46 bits per heavy atom. The molecule has 2 N–H and O–H groups in total. The minimum absolute atomic E-state index is 0.0405. The van der Waals surface area contributed by atoms with Crippen molar-refractivity contribution in [2.24, 2.45) is 0 Å². The van der Waals surface area contributed by atoms with Crippen LogP contribution >= 0.6 is 11.6 Å². The number of carbonyl (C=O) groups is 1. The van der Waals surface area contributed by atoms with E-state index in [1.165, 1.54) is 0 Å². The van der Waals surface area contributed by atoms with Gasteiger partial charge in [0.25, 0.3) is 5.91 Å². The van der Waals surface area contributed by atoms with Crippen LogP contribution in [0.1, 0.15) is 55.0 Å². The minimum atomic E-state index is -0.298. The van der Waals surface area contributed by atoms with Crippen molar-refractivity contribution in [2.45, 2.75) is 44.6 Å². The highest BCUT2D eigenvalue weighted by Crippen LogP contribution is 2.40. The molecule has 7 heteroatoms. The zero-order chi connectivity index (χ0) is 17.1. The van der Waals surface area contributed by atoms with Crippen LogP contribution in [0.5, 0.6) is 0 Å². The van der Waals surface area contributed by atoms with Crippen LogP contribution in [0.15, 0.2) is 24.3 Å². The summed E-state index contributed by atoms with van der Waals surface area (Å²) < 4.78 is 1.69. The normalized spacial score (nSPS) is 15.3. The number of nitrogens with zero attached hydrogens (tertiary/aromatic N) is 3. The van der Waals surface area contributed by atoms with E-state index in [0.717, 1.165) is 24.4 Å². The third kappa shape index (κ3) is 3.76. The van der Waals surface area contributed by atoms with Crippen molar-refractivity contribution in [2.75, 3.05) is 6.61 Å². The van der Waals surface area contributed by atoms with Gasteiger partial charge in [-0.2, -0.15) is 0 Å². The summed E-state index contributed by atoms with van der Waals surface area (Å²) in [5.41, 5.74) is 0.737. The molecule has 3 rings (SSSR count). The lowest BCUT2D eigenvalue weighted by atomic mass is 10.2. The predicted molar refractivity (Wildman–Crippen MR) is 91.6 cm³/mol. The van der Waals surface area contributed by atoms with E-state index in [1.54, 1.807) is 10.7 Å². The Morgan fingerprint density at radius 3 is 2.88 bits per heavy atom. The van der Waals surface area contributed by atoms with E-state index < -0.39 is 0 Å². The summed E-state index contributed by atoms with van der Waals surface area (Å²) in [6, 6.07) is 7.37. The second-order valence-corrected chi connectivity index (χ2v) is 6.58. The van der Waals surface area contributed by atoms with Gasteiger partial charge in [-0.1, -0.05) is 23.7 Å². The molecule has 1 fully saturated rings. The van der Waals surface area contributed by atoms with Gasteiger partial charge in [0.1, 0.15) is 5.82 Å². The molecular weight excluding hydrogens is 328 g/mol. The van der Waals surface area contributed by atoms with E-state index in [-0.39, 0.29) is 24.4 Å². The molecule has 1 aromatic carbocycles. The number of rotatable bonds is 7. The number of aliphatic hydroxyl groups is 1. The quantitative estimate of drug-likeness (QED) is 0.806. The average Bonchev–Trinajstić information content (AvgIpc) is 3.32. The molecule has 1 aliphatic carbocycles. The molecule has 0 spiro atoms. The smallest absolute Gasteiger partial charge is 0.291 e. The maximum atomic E-state index is 12.4. The molecule has 1 aliphatic rings. The average molecular weight is 349 g/mol. The van der Waals surface area contributed by atoms with Crippen molar-refractivity contribution in [3.63, 3.8) is 0 Å². The van der Waals surface area contributed by atoms with Crippen LogP contribution in [-0.4, -0.2) is 38.4 Å². The van der Waals surface area contributed by atoms with Crippen molar-refractivity contribution >= 4 is 17.5 Å². The number of halogens is 1. The standard InChI is InChI=1S/C17H21ClN4O2/c1-11(5-4-10-23)19-17(24)15-20-16(12-8-9-12)22(21-15)14-7-3-2-6-13(14)18/h2-3,6-7,11-12,23H,4-5,8-10H2,1H3,(H,19,24). The van der Waals surface area contributed by atoms with Crippen LogP contribution in [0.3, 0.4) is 0 Å². The maximum Gasteiger partial charge on any atom is 0.291 e. The number of amides is 1. The van der Waals surface area contributed by atoms with Gasteiger partial charge in [0.2, 0.25) is 5.82 Å². The highest BCUT2D eigenvalue weighted by atomic mass is 35.5. The van der Waals surface area contributed by atoms with Crippen molar-refractivity contribution in [3.8, 4) is 5.69 Å². The first-order valence-corrected chi connectivity index (χ1v) is 8.61. The Morgan fingerprint density at radius 2 is 2.21 bits per heavy atom. The fourth-order valence-electron chi connectivity index (χ4n) is 2.58. The summed E-state index contributed by atoms with van der Waals surface area (Å²) in [6.45, 7) is 2.02. The molecule has 1 amide bonds. The Bertz CT molecular complexity index is 727. The fraction of sp³-hybridized carbons (Fsp3) is 0.471. The first-order chi connectivity index (χ1) is 11.6. The number of nitrogens with one attached hydrogen (secondary N) is 1.